The summed E-state index contributed by atoms with van der Waals surface area (Å²) in [5, 5.41) is 13.1. The molecule has 0 unspecified atom stereocenters. The van der Waals surface area contributed by atoms with Gasteiger partial charge >= 0.3 is 0 Å². The van der Waals surface area contributed by atoms with Crippen molar-refractivity contribution in [2.24, 2.45) is 0 Å². The Kier molecular flexibility index (Phi) is 4.34. The number of nitrogens with one attached hydrogen (secondary N) is 1. The molecule has 1 rings (SSSR count). The second kappa shape index (κ2) is 5.53. The zero-order valence-corrected chi connectivity index (χ0v) is 9.38. The Morgan fingerprint density at radius 3 is 2.50 bits per heavy atom. The van der Waals surface area contributed by atoms with E-state index in [2.05, 4.69) is 5.32 Å². The molecule has 0 radical (unpaired) electrons. The van der Waals surface area contributed by atoms with Crippen LogP contribution < -0.4 is 10.4 Å². The first-order chi connectivity index (χ1) is 7.49. The molecule has 0 bridgehead atoms. The van der Waals surface area contributed by atoms with E-state index in [9.17, 15) is 14.7 Å². The average Bonchev–Trinajstić information content (AvgIpc) is 2.19. The number of aliphatic carboxylic acids is 1. The first-order valence-corrected chi connectivity index (χ1v) is 4.89. The van der Waals surface area contributed by atoms with E-state index in [-0.39, 0.29) is 5.02 Å². The van der Waals surface area contributed by atoms with Crippen LogP contribution in [0, 0.1) is 0 Å². The first-order valence-electron chi connectivity index (χ1n) is 4.14. The minimum Gasteiger partial charge on any atom is -0.545 e. The van der Waals surface area contributed by atoms with E-state index in [1.165, 1.54) is 12.1 Å². The van der Waals surface area contributed by atoms with E-state index in [0.29, 0.717) is 16.8 Å². The zero-order chi connectivity index (χ0) is 12.1. The summed E-state index contributed by atoms with van der Waals surface area (Å²) in [5.41, 5.74) is 0.346. The molecule has 0 fully saturated rings. The predicted molar refractivity (Wildman–Crippen MR) is 59.2 cm³/mol. The van der Waals surface area contributed by atoms with Crippen molar-refractivity contribution < 1.29 is 14.7 Å². The number of halogens is 2. The van der Waals surface area contributed by atoms with Gasteiger partial charge in [-0.25, -0.2) is 0 Å². The number of anilines is 1. The van der Waals surface area contributed by atoms with Crippen molar-refractivity contribution in [2.45, 2.75) is 0 Å². The molecule has 6 heteroatoms. The summed E-state index contributed by atoms with van der Waals surface area (Å²) in [6.07, 6.45) is 1.46. The summed E-state index contributed by atoms with van der Waals surface area (Å²) in [6.45, 7) is 0. The van der Waals surface area contributed by atoms with Crippen molar-refractivity contribution >= 4 is 40.8 Å². The summed E-state index contributed by atoms with van der Waals surface area (Å²) in [7, 11) is 0. The maximum Gasteiger partial charge on any atom is 0.248 e. The Bertz CT molecular complexity index is 457. The standard InChI is InChI=1S/C10H7Cl2NO3/c11-6-1-2-8(7(12)5-6)13-9(14)3-4-10(15)16/h1-5H,(H,13,14)(H,15,16)/p-1/b4-3-. The van der Waals surface area contributed by atoms with Crippen LogP contribution in [0.2, 0.25) is 10.0 Å². The normalized spacial score (nSPS) is 10.4. The highest BCUT2D eigenvalue weighted by Crippen LogP contribution is 2.25. The summed E-state index contributed by atoms with van der Waals surface area (Å²) in [6, 6.07) is 4.52. The van der Waals surface area contributed by atoms with Crippen LogP contribution in [0.15, 0.2) is 30.4 Å². The molecule has 1 amide bonds. The molecule has 0 aliphatic carbocycles. The molecule has 1 aromatic carbocycles. The summed E-state index contributed by atoms with van der Waals surface area (Å²) in [5.74, 6) is -2.06. The maximum absolute atomic E-state index is 11.2. The van der Waals surface area contributed by atoms with Crippen LogP contribution in [0.3, 0.4) is 0 Å². The number of amides is 1. The minimum atomic E-state index is -1.45. The van der Waals surface area contributed by atoms with Crippen LogP contribution in [-0.4, -0.2) is 11.9 Å². The van der Waals surface area contributed by atoms with Gasteiger partial charge in [-0.2, -0.15) is 0 Å². The molecule has 84 valence electrons. The van der Waals surface area contributed by atoms with Crippen molar-refractivity contribution in [3.8, 4) is 0 Å². The second-order valence-corrected chi connectivity index (χ2v) is 3.61. The lowest BCUT2D eigenvalue weighted by Crippen LogP contribution is -2.20. The van der Waals surface area contributed by atoms with Crippen LogP contribution in [0.5, 0.6) is 0 Å². The van der Waals surface area contributed by atoms with Gasteiger partial charge in [-0.3, -0.25) is 4.79 Å². The Labute approximate surface area is 101 Å². The van der Waals surface area contributed by atoms with E-state index in [1.807, 2.05) is 0 Å². The quantitative estimate of drug-likeness (QED) is 0.830. The smallest absolute Gasteiger partial charge is 0.248 e. The van der Waals surface area contributed by atoms with Crippen LogP contribution in [0.25, 0.3) is 0 Å². The SMILES string of the molecule is O=C([O-])/C=C\C(=O)Nc1ccc(Cl)cc1Cl. The third kappa shape index (κ3) is 3.92. The molecule has 0 aliphatic heterocycles. The highest BCUT2D eigenvalue weighted by molar-refractivity contribution is 6.36. The predicted octanol–water partition coefficient (Wildman–Crippen LogP) is 1.24. The molecule has 0 aliphatic rings. The number of hydrogen-bond donors (Lipinski definition) is 1. The van der Waals surface area contributed by atoms with Gasteiger partial charge in [-0.1, -0.05) is 23.2 Å². The molecule has 0 aromatic heterocycles. The number of carbonyl (C=O) groups is 2. The number of hydrogen-bond acceptors (Lipinski definition) is 3. The van der Waals surface area contributed by atoms with Crippen molar-refractivity contribution in [3.63, 3.8) is 0 Å². The molecule has 0 saturated heterocycles. The third-order valence-electron chi connectivity index (χ3n) is 1.56. The van der Waals surface area contributed by atoms with E-state index in [4.69, 9.17) is 23.2 Å². The zero-order valence-electron chi connectivity index (χ0n) is 7.87. The van der Waals surface area contributed by atoms with Gasteiger partial charge < -0.3 is 15.2 Å². The maximum atomic E-state index is 11.2. The Balaban J connectivity index is 2.73. The van der Waals surface area contributed by atoms with E-state index >= 15 is 0 Å². The molecular formula is C10H6Cl2NO3-. The fourth-order valence-electron chi connectivity index (χ4n) is 0.909. The van der Waals surface area contributed by atoms with Crippen LogP contribution in [0.1, 0.15) is 0 Å². The van der Waals surface area contributed by atoms with E-state index < -0.39 is 11.9 Å². The largest absolute Gasteiger partial charge is 0.545 e. The van der Waals surface area contributed by atoms with Gasteiger partial charge in [0.15, 0.2) is 0 Å². The van der Waals surface area contributed by atoms with E-state index in [0.717, 1.165) is 6.08 Å². The van der Waals surface area contributed by atoms with Gasteiger partial charge in [0, 0.05) is 11.1 Å². The van der Waals surface area contributed by atoms with Crippen LogP contribution in [-0.2, 0) is 9.59 Å². The van der Waals surface area contributed by atoms with Crippen molar-refractivity contribution in [3.05, 3.63) is 40.4 Å². The van der Waals surface area contributed by atoms with Gasteiger partial charge in [0.2, 0.25) is 5.91 Å². The monoisotopic (exact) mass is 258 g/mol. The van der Waals surface area contributed by atoms with Crippen LogP contribution >= 0.6 is 23.2 Å². The first kappa shape index (κ1) is 12.5. The summed E-state index contributed by atoms with van der Waals surface area (Å²) in [4.78, 5) is 21.2. The Hall–Kier alpha value is -1.52. The number of benzene rings is 1. The molecule has 4 nitrogen and oxygen atoms in total. The lowest BCUT2D eigenvalue weighted by Gasteiger charge is -2.04. The minimum absolute atomic E-state index is 0.266. The lowest BCUT2D eigenvalue weighted by atomic mass is 10.3. The topological polar surface area (TPSA) is 69.2 Å². The average molecular weight is 259 g/mol. The Morgan fingerprint density at radius 2 is 1.94 bits per heavy atom. The fraction of sp³-hybridized carbons (Fsp3) is 0. The number of rotatable bonds is 3. The Morgan fingerprint density at radius 1 is 1.25 bits per heavy atom. The van der Waals surface area contributed by atoms with Gasteiger partial charge in [-0.05, 0) is 24.3 Å². The van der Waals surface area contributed by atoms with Gasteiger partial charge in [0.25, 0.3) is 0 Å². The lowest BCUT2D eigenvalue weighted by molar-refractivity contribution is -0.297. The summed E-state index contributed by atoms with van der Waals surface area (Å²) >= 11 is 11.4. The van der Waals surface area contributed by atoms with Gasteiger partial charge in [0.05, 0.1) is 16.7 Å². The molecule has 0 heterocycles. The van der Waals surface area contributed by atoms with Crippen molar-refractivity contribution in [1.82, 2.24) is 0 Å². The van der Waals surface area contributed by atoms with Crippen LogP contribution in [0.4, 0.5) is 5.69 Å². The van der Waals surface area contributed by atoms with Crippen molar-refractivity contribution in [2.75, 3.05) is 5.32 Å². The molecular weight excluding hydrogens is 253 g/mol. The molecule has 0 saturated carbocycles. The highest BCUT2D eigenvalue weighted by atomic mass is 35.5. The van der Waals surface area contributed by atoms with Crippen molar-refractivity contribution in [1.29, 1.82) is 0 Å². The summed E-state index contributed by atoms with van der Waals surface area (Å²) < 4.78 is 0. The van der Waals surface area contributed by atoms with E-state index in [1.54, 1.807) is 6.07 Å². The highest BCUT2D eigenvalue weighted by Gasteiger charge is 2.03. The molecule has 16 heavy (non-hydrogen) atoms. The fourth-order valence-corrected chi connectivity index (χ4v) is 1.36. The second-order valence-electron chi connectivity index (χ2n) is 2.77. The number of carboxylic acid groups (broad SMARTS) is 1. The molecule has 1 aromatic rings. The molecule has 0 spiro atoms. The molecule has 0 atom stereocenters. The van der Waals surface area contributed by atoms with Gasteiger partial charge in [0.1, 0.15) is 0 Å². The molecule has 1 N–H and O–H groups in total. The third-order valence-corrected chi connectivity index (χ3v) is 2.11. The number of carboxylic acids is 1. The van der Waals surface area contributed by atoms with Gasteiger partial charge in [-0.15, -0.1) is 0 Å². The number of carbonyl (C=O) groups excluding carboxylic acids is 2.